The topological polar surface area (TPSA) is 50.3 Å². The average molecular weight is 288 g/mol. The van der Waals surface area contributed by atoms with Gasteiger partial charge in [-0.15, -0.1) is 0 Å². The van der Waals surface area contributed by atoms with Gasteiger partial charge in [0.25, 0.3) is 0 Å². The first-order chi connectivity index (χ1) is 9.68. The molecule has 4 nitrogen and oxygen atoms in total. The van der Waals surface area contributed by atoms with Crippen LogP contribution in [0.5, 0.6) is 0 Å². The smallest absolute Gasteiger partial charge is 0.243 e. The van der Waals surface area contributed by atoms with Crippen molar-refractivity contribution in [3.8, 4) is 0 Å². The molecule has 1 aliphatic rings. The summed E-state index contributed by atoms with van der Waals surface area (Å²) in [6.45, 7) is 1.06. The second-order valence-corrected chi connectivity index (χ2v) is 6.85. The summed E-state index contributed by atoms with van der Waals surface area (Å²) in [6.07, 6.45) is 2.58. The van der Waals surface area contributed by atoms with Gasteiger partial charge in [0.15, 0.2) is 0 Å². The van der Waals surface area contributed by atoms with Crippen LogP contribution in [-0.4, -0.2) is 30.8 Å². The first kappa shape index (κ1) is 13.3. The molecule has 1 fully saturated rings. The fourth-order valence-electron chi connectivity index (χ4n) is 2.55. The molecule has 0 aliphatic carbocycles. The van der Waals surface area contributed by atoms with E-state index >= 15 is 0 Å². The molecule has 1 aromatic carbocycles. The van der Waals surface area contributed by atoms with Crippen molar-refractivity contribution in [2.24, 2.45) is 0 Å². The minimum Gasteiger partial charge on any atom is -0.261 e. The van der Waals surface area contributed by atoms with Crippen LogP contribution in [0.2, 0.25) is 0 Å². The molecule has 0 saturated carbocycles. The fourth-order valence-corrected chi connectivity index (χ4v) is 4.07. The number of nitrogens with zero attached hydrogens (tertiary/aromatic N) is 2. The zero-order valence-corrected chi connectivity index (χ0v) is 11.8. The van der Waals surface area contributed by atoms with Gasteiger partial charge in [-0.3, -0.25) is 4.98 Å². The first-order valence-corrected chi connectivity index (χ1v) is 8.08. The Bertz CT molecular complexity index is 672. The normalized spacial score (nSPS) is 20.1. The van der Waals surface area contributed by atoms with Gasteiger partial charge in [0.05, 0.1) is 4.90 Å². The lowest BCUT2D eigenvalue weighted by molar-refractivity contribution is 0.472. The van der Waals surface area contributed by atoms with E-state index in [1.54, 1.807) is 34.8 Å². The highest BCUT2D eigenvalue weighted by molar-refractivity contribution is 7.89. The molecule has 1 atom stereocenters. The van der Waals surface area contributed by atoms with E-state index in [1.165, 1.54) is 0 Å². The molecule has 1 aliphatic heterocycles. The van der Waals surface area contributed by atoms with E-state index in [0.29, 0.717) is 18.0 Å². The van der Waals surface area contributed by atoms with Gasteiger partial charge in [0, 0.05) is 30.9 Å². The monoisotopic (exact) mass is 288 g/mol. The minimum absolute atomic E-state index is 0.190. The van der Waals surface area contributed by atoms with Gasteiger partial charge in [-0.2, -0.15) is 4.31 Å². The minimum atomic E-state index is -3.37. The van der Waals surface area contributed by atoms with E-state index in [-0.39, 0.29) is 5.92 Å². The van der Waals surface area contributed by atoms with Crippen molar-refractivity contribution in [3.05, 3.63) is 60.4 Å². The third-order valence-electron chi connectivity index (χ3n) is 3.64. The van der Waals surface area contributed by atoms with Crippen LogP contribution in [0.1, 0.15) is 18.0 Å². The van der Waals surface area contributed by atoms with Crippen molar-refractivity contribution in [2.45, 2.75) is 17.2 Å². The summed E-state index contributed by atoms with van der Waals surface area (Å²) in [7, 11) is -3.37. The lowest BCUT2D eigenvalue weighted by Crippen LogP contribution is -2.28. The molecular weight excluding hydrogens is 272 g/mol. The number of pyridine rings is 1. The summed E-state index contributed by atoms with van der Waals surface area (Å²) in [5.74, 6) is 0.190. The van der Waals surface area contributed by atoms with E-state index in [9.17, 15) is 8.42 Å². The summed E-state index contributed by atoms with van der Waals surface area (Å²) < 4.78 is 26.6. The van der Waals surface area contributed by atoms with Gasteiger partial charge in [-0.05, 0) is 30.7 Å². The standard InChI is InChI=1S/C15H16N2O2S/c18-20(19,14-6-2-1-3-7-14)17-11-9-13(12-17)15-8-4-5-10-16-15/h1-8,10,13H,9,11-12H2/t13-/m0/s1. The molecule has 0 unspecified atom stereocenters. The van der Waals surface area contributed by atoms with Crippen LogP contribution < -0.4 is 0 Å². The summed E-state index contributed by atoms with van der Waals surface area (Å²) >= 11 is 0. The largest absolute Gasteiger partial charge is 0.261 e. The second kappa shape index (κ2) is 5.34. The highest BCUT2D eigenvalue weighted by Crippen LogP contribution is 2.29. The maximum atomic E-state index is 12.5. The molecule has 0 N–H and O–H groups in total. The van der Waals surface area contributed by atoms with Crippen molar-refractivity contribution in [1.29, 1.82) is 0 Å². The quantitative estimate of drug-likeness (QED) is 0.870. The van der Waals surface area contributed by atoms with E-state index in [2.05, 4.69) is 4.98 Å². The lowest BCUT2D eigenvalue weighted by atomic mass is 10.0. The molecule has 20 heavy (non-hydrogen) atoms. The Kier molecular flexibility index (Phi) is 3.54. The Balaban J connectivity index is 1.81. The molecule has 0 radical (unpaired) electrons. The molecule has 1 aromatic heterocycles. The molecule has 2 heterocycles. The summed E-state index contributed by atoms with van der Waals surface area (Å²) in [5, 5.41) is 0. The van der Waals surface area contributed by atoms with Crippen molar-refractivity contribution >= 4 is 10.0 Å². The maximum Gasteiger partial charge on any atom is 0.243 e. The Labute approximate surface area is 119 Å². The Morgan fingerprint density at radius 2 is 1.80 bits per heavy atom. The molecule has 104 valence electrons. The van der Waals surface area contributed by atoms with Gasteiger partial charge < -0.3 is 0 Å². The highest BCUT2D eigenvalue weighted by atomic mass is 32.2. The van der Waals surface area contributed by atoms with Crippen LogP contribution in [0.4, 0.5) is 0 Å². The number of rotatable bonds is 3. The first-order valence-electron chi connectivity index (χ1n) is 6.64. The molecule has 1 saturated heterocycles. The van der Waals surface area contributed by atoms with Gasteiger partial charge in [-0.1, -0.05) is 24.3 Å². The third-order valence-corrected chi connectivity index (χ3v) is 5.52. The molecule has 0 bridgehead atoms. The number of benzene rings is 1. The average Bonchev–Trinajstić information content (AvgIpc) is 3.00. The molecule has 0 spiro atoms. The summed E-state index contributed by atoms with van der Waals surface area (Å²) in [6, 6.07) is 14.4. The van der Waals surface area contributed by atoms with Crippen molar-refractivity contribution in [3.63, 3.8) is 0 Å². The summed E-state index contributed by atoms with van der Waals surface area (Å²) in [4.78, 5) is 4.69. The number of sulfonamides is 1. The van der Waals surface area contributed by atoms with Crippen LogP contribution in [0.25, 0.3) is 0 Å². The van der Waals surface area contributed by atoms with Gasteiger partial charge in [0.1, 0.15) is 0 Å². The Morgan fingerprint density at radius 1 is 1.05 bits per heavy atom. The van der Waals surface area contributed by atoms with Crippen LogP contribution in [0.15, 0.2) is 59.6 Å². The molecule has 2 aromatic rings. The maximum absolute atomic E-state index is 12.5. The van der Waals surface area contributed by atoms with Crippen LogP contribution in [0.3, 0.4) is 0 Å². The Morgan fingerprint density at radius 3 is 2.50 bits per heavy atom. The lowest BCUT2D eigenvalue weighted by Gasteiger charge is -2.16. The number of aromatic nitrogens is 1. The molecule has 0 amide bonds. The Hall–Kier alpha value is -1.72. The zero-order chi connectivity index (χ0) is 14.0. The summed E-state index contributed by atoms with van der Waals surface area (Å²) in [5.41, 5.74) is 0.971. The zero-order valence-electron chi connectivity index (χ0n) is 11.0. The van der Waals surface area contributed by atoms with E-state index < -0.39 is 10.0 Å². The predicted octanol–water partition coefficient (Wildman–Crippen LogP) is 2.26. The highest BCUT2D eigenvalue weighted by Gasteiger charge is 2.33. The molecular formula is C15H16N2O2S. The van der Waals surface area contributed by atoms with Crippen LogP contribution in [0, 0.1) is 0 Å². The van der Waals surface area contributed by atoms with Crippen molar-refractivity contribution in [1.82, 2.24) is 9.29 Å². The van der Waals surface area contributed by atoms with Crippen LogP contribution in [-0.2, 0) is 10.0 Å². The van der Waals surface area contributed by atoms with Gasteiger partial charge >= 0.3 is 0 Å². The number of hydrogen-bond donors (Lipinski definition) is 0. The van der Waals surface area contributed by atoms with Crippen molar-refractivity contribution in [2.75, 3.05) is 13.1 Å². The number of hydrogen-bond acceptors (Lipinski definition) is 3. The van der Waals surface area contributed by atoms with E-state index in [0.717, 1.165) is 12.1 Å². The SMILES string of the molecule is O=S(=O)(c1ccccc1)N1CC[C@H](c2ccccn2)C1. The van der Waals surface area contributed by atoms with Crippen molar-refractivity contribution < 1.29 is 8.42 Å². The fraction of sp³-hybridized carbons (Fsp3) is 0.267. The van der Waals surface area contributed by atoms with E-state index in [1.807, 2.05) is 24.3 Å². The van der Waals surface area contributed by atoms with E-state index in [4.69, 9.17) is 0 Å². The third kappa shape index (κ3) is 2.46. The van der Waals surface area contributed by atoms with Crippen LogP contribution >= 0.6 is 0 Å². The van der Waals surface area contributed by atoms with Gasteiger partial charge in [-0.25, -0.2) is 8.42 Å². The predicted molar refractivity (Wildman–Crippen MR) is 76.8 cm³/mol. The second-order valence-electron chi connectivity index (χ2n) is 4.92. The van der Waals surface area contributed by atoms with Gasteiger partial charge in [0.2, 0.25) is 10.0 Å². The molecule has 5 heteroatoms. The molecule has 3 rings (SSSR count).